The Bertz CT molecular complexity index is 908. The predicted octanol–water partition coefficient (Wildman–Crippen LogP) is 3.28. The summed E-state index contributed by atoms with van der Waals surface area (Å²) in [5.74, 6) is 0.183. The highest BCUT2D eigenvalue weighted by atomic mass is 16.5. The van der Waals surface area contributed by atoms with Gasteiger partial charge in [-0.15, -0.1) is 0 Å². The molecule has 2 aromatic heterocycles. The number of nitrogens with one attached hydrogen (secondary N) is 1. The Hall–Kier alpha value is -2.40. The Morgan fingerprint density at radius 2 is 1.96 bits per heavy atom. The Balaban J connectivity index is 1.49. The summed E-state index contributed by atoms with van der Waals surface area (Å²) < 4.78 is 5.70. The molecule has 1 aliphatic rings. The maximum atomic E-state index is 12.5. The molecule has 1 amide bonds. The van der Waals surface area contributed by atoms with Crippen LogP contribution in [0.2, 0.25) is 0 Å². The van der Waals surface area contributed by atoms with Gasteiger partial charge < -0.3 is 14.6 Å². The van der Waals surface area contributed by atoms with E-state index >= 15 is 0 Å². The summed E-state index contributed by atoms with van der Waals surface area (Å²) in [6.07, 6.45) is 3.23. The van der Waals surface area contributed by atoms with Gasteiger partial charge in [0.2, 0.25) is 5.91 Å². The van der Waals surface area contributed by atoms with Gasteiger partial charge in [0.1, 0.15) is 0 Å². The highest BCUT2D eigenvalue weighted by Gasteiger charge is 2.25. The normalized spacial score (nSPS) is 21.1. The van der Waals surface area contributed by atoms with E-state index in [9.17, 15) is 4.79 Å². The Labute approximate surface area is 147 Å². The number of benzene rings is 1. The van der Waals surface area contributed by atoms with E-state index in [0.29, 0.717) is 25.9 Å². The van der Waals surface area contributed by atoms with Crippen molar-refractivity contribution in [2.24, 2.45) is 0 Å². The first-order valence-electron chi connectivity index (χ1n) is 8.89. The lowest BCUT2D eigenvalue weighted by atomic mass is 10.1. The molecule has 2 unspecified atom stereocenters. The molecule has 2 atom stereocenters. The minimum atomic E-state index is 0.105. The zero-order valence-corrected chi connectivity index (χ0v) is 14.7. The number of pyridine rings is 1. The van der Waals surface area contributed by atoms with E-state index in [1.165, 1.54) is 10.8 Å². The number of aromatic amines is 1. The quantitative estimate of drug-likeness (QED) is 0.798. The van der Waals surface area contributed by atoms with Gasteiger partial charge in [-0.25, -0.2) is 0 Å². The van der Waals surface area contributed by atoms with Gasteiger partial charge in [-0.05, 0) is 32.4 Å². The third kappa shape index (κ3) is 3.24. The summed E-state index contributed by atoms with van der Waals surface area (Å²) in [6, 6.07) is 10.3. The van der Waals surface area contributed by atoms with Crippen molar-refractivity contribution in [3.05, 3.63) is 42.2 Å². The second-order valence-electron chi connectivity index (χ2n) is 6.95. The molecule has 0 saturated carbocycles. The third-order valence-electron chi connectivity index (χ3n) is 4.81. The average Bonchev–Trinajstić information content (AvgIpc) is 2.97. The highest BCUT2D eigenvalue weighted by Crippen LogP contribution is 2.25. The van der Waals surface area contributed by atoms with Crippen LogP contribution in [0, 0.1) is 0 Å². The molecule has 1 N–H and O–H groups in total. The molecule has 4 rings (SSSR count). The molecule has 0 spiro atoms. The lowest BCUT2D eigenvalue weighted by Gasteiger charge is -2.35. The molecule has 1 aromatic carbocycles. The lowest BCUT2D eigenvalue weighted by molar-refractivity contribution is -0.143. The van der Waals surface area contributed by atoms with Crippen LogP contribution in [0.1, 0.15) is 26.0 Å². The summed E-state index contributed by atoms with van der Waals surface area (Å²) in [5.41, 5.74) is 3.11. The molecule has 3 heterocycles. The zero-order valence-electron chi connectivity index (χ0n) is 14.7. The van der Waals surface area contributed by atoms with Crippen LogP contribution in [-0.4, -0.2) is 46.1 Å². The largest absolute Gasteiger partial charge is 0.372 e. The first-order chi connectivity index (χ1) is 12.1. The highest BCUT2D eigenvalue weighted by molar-refractivity contribution is 6.06. The molecule has 3 aromatic rings. The van der Waals surface area contributed by atoms with E-state index in [0.717, 1.165) is 16.7 Å². The number of carbonyl (C=O) groups excluding carboxylic acids is 1. The van der Waals surface area contributed by atoms with Crippen LogP contribution in [0.4, 0.5) is 0 Å². The number of aromatic nitrogens is 2. The summed E-state index contributed by atoms with van der Waals surface area (Å²) in [4.78, 5) is 22.3. The van der Waals surface area contributed by atoms with Gasteiger partial charge in [0.05, 0.1) is 23.9 Å². The van der Waals surface area contributed by atoms with Crippen LogP contribution < -0.4 is 0 Å². The fourth-order valence-corrected chi connectivity index (χ4v) is 3.70. The van der Waals surface area contributed by atoms with Crippen LogP contribution in [0.25, 0.3) is 21.8 Å². The summed E-state index contributed by atoms with van der Waals surface area (Å²) in [7, 11) is 0. The summed E-state index contributed by atoms with van der Waals surface area (Å²) in [6.45, 7) is 5.39. The van der Waals surface area contributed by atoms with Crippen molar-refractivity contribution in [2.45, 2.75) is 38.9 Å². The number of nitrogens with zero attached hydrogens (tertiary/aromatic N) is 2. The molecular weight excluding hydrogens is 314 g/mol. The maximum Gasteiger partial charge on any atom is 0.223 e. The third-order valence-corrected chi connectivity index (χ3v) is 4.81. The minimum absolute atomic E-state index is 0.105. The number of carbonyl (C=O) groups is 1. The van der Waals surface area contributed by atoms with Crippen molar-refractivity contribution in [1.82, 2.24) is 14.9 Å². The second-order valence-corrected chi connectivity index (χ2v) is 6.95. The Morgan fingerprint density at radius 3 is 2.76 bits per heavy atom. The van der Waals surface area contributed by atoms with E-state index in [1.807, 2.05) is 37.1 Å². The smallest absolute Gasteiger partial charge is 0.223 e. The molecule has 1 fully saturated rings. The number of para-hydroxylation sites is 1. The number of H-pyrrole nitrogens is 1. The molecule has 1 aliphatic heterocycles. The zero-order chi connectivity index (χ0) is 17.4. The predicted molar refractivity (Wildman–Crippen MR) is 98.5 cm³/mol. The molecule has 0 radical (unpaired) electrons. The SMILES string of the molecule is CC1CN(C(=O)CCc2cc3c(cn2)[nH]c2ccccc23)CC(C)O1. The van der Waals surface area contributed by atoms with Crippen LogP contribution in [0.3, 0.4) is 0 Å². The van der Waals surface area contributed by atoms with Crippen molar-refractivity contribution < 1.29 is 9.53 Å². The first-order valence-corrected chi connectivity index (χ1v) is 8.89. The first kappa shape index (κ1) is 16.1. The van der Waals surface area contributed by atoms with Crippen molar-refractivity contribution in [3.8, 4) is 0 Å². The number of amides is 1. The minimum Gasteiger partial charge on any atom is -0.372 e. The number of morpholine rings is 1. The van der Waals surface area contributed by atoms with Crippen molar-refractivity contribution in [1.29, 1.82) is 0 Å². The Kier molecular flexibility index (Phi) is 4.17. The number of hydrogen-bond donors (Lipinski definition) is 1. The Morgan fingerprint density at radius 1 is 1.20 bits per heavy atom. The van der Waals surface area contributed by atoms with Gasteiger partial charge in [-0.1, -0.05) is 18.2 Å². The van der Waals surface area contributed by atoms with Gasteiger partial charge in [-0.2, -0.15) is 0 Å². The van der Waals surface area contributed by atoms with E-state index in [2.05, 4.69) is 28.2 Å². The van der Waals surface area contributed by atoms with Crippen LogP contribution in [-0.2, 0) is 16.0 Å². The second kappa shape index (κ2) is 6.48. The molecule has 25 heavy (non-hydrogen) atoms. The number of rotatable bonds is 3. The van der Waals surface area contributed by atoms with Gasteiger partial charge in [0, 0.05) is 41.5 Å². The molecule has 0 bridgehead atoms. The maximum absolute atomic E-state index is 12.5. The van der Waals surface area contributed by atoms with E-state index in [1.54, 1.807) is 0 Å². The number of hydrogen-bond acceptors (Lipinski definition) is 3. The lowest BCUT2D eigenvalue weighted by Crippen LogP contribution is -2.48. The van der Waals surface area contributed by atoms with Gasteiger partial charge in [0.15, 0.2) is 0 Å². The summed E-state index contributed by atoms with van der Waals surface area (Å²) >= 11 is 0. The molecular formula is C20H23N3O2. The van der Waals surface area contributed by atoms with E-state index < -0.39 is 0 Å². The van der Waals surface area contributed by atoms with Gasteiger partial charge in [-0.3, -0.25) is 9.78 Å². The van der Waals surface area contributed by atoms with Crippen LogP contribution in [0.5, 0.6) is 0 Å². The fraction of sp³-hybridized carbons (Fsp3) is 0.400. The summed E-state index contributed by atoms with van der Waals surface area (Å²) in [5, 5.41) is 2.37. The number of fused-ring (bicyclic) bond motifs is 3. The van der Waals surface area contributed by atoms with Crippen molar-refractivity contribution in [3.63, 3.8) is 0 Å². The van der Waals surface area contributed by atoms with Gasteiger partial charge in [0.25, 0.3) is 0 Å². The van der Waals surface area contributed by atoms with Crippen molar-refractivity contribution >= 4 is 27.7 Å². The van der Waals surface area contributed by atoms with Crippen molar-refractivity contribution in [2.75, 3.05) is 13.1 Å². The van der Waals surface area contributed by atoms with E-state index in [-0.39, 0.29) is 18.1 Å². The number of aryl methyl sites for hydroxylation is 1. The average molecular weight is 337 g/mol. The van der Waals surface area contributed by atoms with E-state index in [4.69, 9.17) is 4.74 Å². The number of ether oxygens (including phenoxy) is 1. The molecule has 5 nitrogen and oxygen atoms in total. The molecule has 0 aliphatic carbocycles. The van der Waals surface area contributed by atoms with Crippen LogP contribution >= 0.6 is 0 Å². The standard InChI is InChI=1S/C20H23N3O2/c1-13-11-23(12-14(2)25-13)20(24)8-7-15-9-17-16-5-3-4-6-18(16)22-19(17)10-21-15/h3-6,9-10,13-14,22H,7-8,11-12H2,1-2H3. The fourth-order valence-electron chi connectivity index (χ4n) is 3.70. The molecule has 1 saturated heterocycles. The van der Waals surface area contributed by atoms with Crippen LogP contribution in [0.15, 0.2) is 36.5 Å². The monoisotopic (exact) mass is 337 g/mol. The molecule has 5 heteroatoms. The topological polar surface area (TPSA) is 58.2 Å². The molecule has 130 valence electrons. The van der Waals surface area contributed by atoms with Gasteiger partial charge >= 0.3 is 0 Å².